The molecule has 0 unspecified atom stereocenters. The Morgan fingerprint density at radius 2 is 0.855 bits per heavy atom. The molecule has 1 aliphatic rings. The second-order valence-corrected chi connectivity index (χ2v) is 21.1. The number of anilines is 2. The van der Waals surface area contributed by atoms with Crippen LogP contribution in [0.25, 0.3) is 22.5 Å². The van der Waals surface area contributed by atoms with E-state index in [0.717, 1.165) is 17.0 Å². The average molecular weight is 1030 g/mol. The number of rotatable bonds is 15. The van der Waals surface area contributed by atoms with Crippen molar-refractivity contribution in [2.24, 2.45) is 0 Å². The Labute approximate surface area is 471 Å². The number of nitrogens with zero attached hydrogens (tertiary/aromatic N) is 4. The quantitative estimate of drug-likeness (QED) is 0.100. The minimum Gasteiger partial charge on any atom is -0.375 e. The highest BCUT2D eigenvalue weighted by Gasteiger charge is 2.51. The standard InChI is InChI=1S/C35H37N3.C26H29N.C9H8N2.13H2/c1-25(2)30-21-14-22-31(26(3)4)34(30)36-33(28-17-10-6-11-18-28)35(29-19-12-7-13-20-29)38-24-23-32(37-38)27-15-8-5-9-16-27;1-18(2)22-16-11-17-23(19(3)4)26(22)27-24(20-12-7-5-8-13-20)25(27)21-14-9-6-10-15-21;1-2-4-8(5-3-1)9-6-7-10-11-9;;;;;;;;;;;;;/h5-26,33,35-36H,1-4H3;5-19,24-25H,1-4H3;1-7H,(H,10,11);13*1H/t33-,35-;24-,25+,27?;;;;;;;;;;;;;;/m0.............../s1. The molecule has 1 saturated heterocycles. The van der Waals surface area contributed by atoms with Gasteiger partial charge in [-0.05, 0) is 85.9 Å². The van der Waals surface area contributed by atoms with Crippen LogP contribution >= 0.6 is 0 Å². The number of H-pyrrole nitrogens is 1. The summed E-state index contributed by atoms with van der Waals surface area (Å²) >= 11 is 0. The number of para-hydroxylation sites is 2. The molecule has 4 atom stereocenters. The van der Waals surface area contributed by atoms with Crippen molar-refractivity contribution in [3.63, 3.8) is 0 Å². The van der Waals surface area contributed by atoms with Crippen LogP contribution in [0.1, 0.15) is 166 Å². The van der Waals surface area contributed by atoms with E-state index in [4.69, 9.17) is 5.10 Å². The smallest absolute Gasteiger partial charge is 0.101 e. The van der Waals surface area contributed by atoms with Gasteiger partial charge in [-0.3, -0.25) is 9.78 Å². The van der Waals surface area contributed by atoms with E-state index in [9.17, 15) is 0 Å². The lowest BCUT2D eigenvalue weighted by molar-refractivity contribution is 0.463. The average Bonchev–Trinajstić information content (AvgIpc) is 1.58. The van der Waals surface area contributed by atoms with E-state index in [-0.39, 0.29) is 30.6 Å². The Balaban J connectivity index is -0.000000409. The number of hydrogen-bond acceptors (Lipinski definition) is 4. The number of hydrogen-bond donors (Lipinski definition) is 2. The van der Waals surface area contributed by atoms with Crippen molar-refractivity contribution < 1.29 is 18.5 Å². The summed E-state index contributed by atoms with van der Waals surface area (Å²) in [5.74, 6) is 1.81. The molecule has 11 rings (SSSR count). The first-order valence-corrected chi connectivity index (χ1v) is 27.2. The second-order valence-electron chi connectivity index (χ2n) is 21.1. The first-order valence-electron chi connectivity index (χ1n) is 27.2. The van der Waals surface area contributed by atoms with Crippen LogP contribution in [0.15, 0.2) is 243 Å². The van der Waals surface area contributed by atoms with E-state index in [2.05, 4.69) is 275 Å². The Bertz CT molecular complexity index is 3250. The highest BCUT2D eigenvalue weighted by Crippen LogP contribution is 2.59. The van der Waals surface area contributed by atoms with Gasteiger partial charge in [0.2, 0.25) is 0 Å². The van der Waals surface area contributed by atoms with Crippen LogP contribution in [-0.2, 0) is 0 Å². The van der Waals surface area contributed by atoms with Crippen molar-refractivity contribution in [3.05, 3.63) is 287 Å². The van der Waals surface area contributed by atoms with Crippen LogP contribution in [0.4, 0.5) is 11.4 Å². The second kappa shape index (κ2) is 24.9. The fraction of sp³-hybridized carbons (Fsp3) is 0.229. The normalized spacial score (nSPS) is 14.7. The van der Waals surface area contributed by atoms with Crippen LogP contribution in [-0.4, -0.2) is 20.0 Å². The number of nitrogens with one attached hydrogen (secondary N) is 2. The lowest BCUT2D eigenvalue weighted by Gasteiger charge is -2.33. The first kappa shape index (κ1) is 52.6. The topological polar surface area (TPSA) is 61.5 Å². The number of benzene rings is 8. The SMILES string of the molecule is CC(C)c1cccc(C(C)C)c1N1[C@H](c2ccccc2)[C@@H]1c1ccccc1.CC(C)c1cccc(C(C)C)c1N[C@@H](c1ccccc1)[C@H](c1ccccc1)n1ccc(-c2ccccc2)n1.[HH].[HH].[HH].[HH].[HH].[HH].[HH].[HH].[HH].[HH].[HH].[HH].[HH].c1ccc(-c2ccn[nH]2)cc1. The highest BCUT2D eigenvalue weighted by atomic mass is 15.4. The monoisotopic (exact) mass is 1020 g/mol. The van der Waals surface area contributed by atoms with Crippen molar-refractivity contribution in [3.8, 4) is 22.5 Å². The third-order valence-electron chi connectivity index (χ3n) is 14.5. The lowest BCUT2D eigenvalue weighted by atomic mass is 9.89. The van der Waals surface area contributed by atoms with Gasteiger partial charge in [0.05, 0.1) is 29.5 Å². The van der Waals surface area contributed by atoms with Gasteiger partial charge in [0.25, 0.3) is 0 Å². The van der Waals surface area contributed by atoms with Gasteiger partial charge in [0, 0.05) is 47.9 Å². The Hall–Kier alpha value is -8.22. The fourth-order valence-corrected chi connectivity index (χ4v) is 10.6. The van der Waals surface area contributed by atoms with Gasteiger partial charge >= 0.3 is 0 Å². The summed E-state index contributed by atoms with van der Waals surface area (Å²) < 4.78 is 2.13. The molecule has 0 saturated carbocycles. The molecule has 1 fully saturated rings. The summed E-state index contributed by atoms with van der Waals surface area (Å²) in [6.07, 6.45) is 3.87. The van der Waals surface area contributed by atoms with Gasteiger partial charge in [0.1, 0.15) is 6.04 Å². The molecule has 6 heteroatoms. The van der Waals surface area contributed by atoms with E-state index in [1.165, 1.54) is 61.4 Å². The predicted octanol–water partition coefficient (Wildman–Crippen LogP) is 21.8. The minimum atomic E-state index is -0.0590. The maximum absolute atomic E-state index is 5.14. The van der Waals surface area contributed by atoms with Crippen LogP contribution < -0.4 is 10.2 Å². The van der Waals surface area contributed by atoms with E-state index in [1.54, 1.807) is 6.20 Å². The molecule has 410 valence electrons. The van der Waals surface area contributed by atoms with Crippen molar-refractivity contribution in [1.29, 1.82) is 0 Å². The third kappa shape index (κ3) is 12.3. The first-order chi connectivity index (χ1) is 37.1. The zero-order valence-corrected chi connectivity index (χ0v) is 45.5. The van der Waals surface area contributed by atoms with Gasteiger partial charge in [-0.15, -0.1) is 0 Å². The van der Waals surface area contributed by atoms with Crippen molar-refractivity contribution >= 4 is 11.4 Å². The molecule has 6 nitrogen and oxygen atoms in total. The van der Waals surface area contributed by atoms with Gasteiger partial charge in [-0.25, -0.2) is 0 Å². The number of aromatic nitrogens is 4. The minimum absolute atomic E-state index is 0. The van der Waals surface area contributed by atoms with E-state index in [1.807, 2.05) is 42.5 Å². The Morgan fingerprint density at radius 3 is 1.30 bits per heavy atom. The van der Waals surface area contributed by atoms with Crippen molar-refractivity contribution in [1.82, 2.24) is 20.0 Å². The molecule has 3 heterocycles. The van der Waals surface area contributed by atoms with Crippen LogP contribution in [0.2, 0.25) is 0 Å². The molecule has 10 aromatic rings. The van der Waals surface area contributed by atoms with Crippen molar-refractivity contribution in [2.45, 2.75) is 103 Å². The third-order valence-corrected chi connectivity index (χ3v) is 14.5. The summed E-state index contributed by atoms with van der Waals surface area (Å²) in [5, 5.41) is 16.0. The zero-order valence-electron chi connectivity index (χ0n) is 45.5. The Kier molecular flexibility index (Phi) is 17.2. The van der Waals surface area contributed by atoms with E-state index < -0.39 is 0 Å². The lowest BCUT2D eigenvalue weighted by Crippen LogP contribution is -2.27. The van der Waals surface area contributed by atoms with E-state index >= 15 is 0 Å². The molecule has 0 aliphatic carbocycles. The summed E-state index contributed by atoms with van der Waals surface area (Å²) in [6, 6.07) is 82.3. The largest absolute Gasteiger partial charge is 0.375 e. The van der Waals surface area contributed by atoms with Gasteiger partial charge in [0.15, 0.2) is 0 Å². The number of aromatic amines is 1. The van der Waals surface area contributed by atoms with Crippen LogP contribution in [0.3, 0.4) is 0 Å². The molecule has 1 aliphatic heterocycles. The molecule has 0 spiro atoms. The van der Waals surface area contributed by atoms with Gasteiger partial charge < -0.3 is 10.2 Å². The molecule has 0 radical (unpaired) electrons. The summed E-state index contributed by atoms with van der Waals surface area (Å²) in [6.45, 7) is 18.3. The Morgan fingerprint density at radius 1 is 0.434 bits per heavy atom. The highest BCUT2D eigenvalue weighted by molar-refractivity contribution is 5.71. The molecular formula is C70H100N6. The van der Waals surface area contributed by atoms with Crippen LogP contribution in [0.5, 0.6) is 0 Å². The molecule has 0 amide bonds. The summed E-state index contributed by atoms with van der Waals surface area (Å²) in [5.41, 5.74) is 17.9. The molecule has 2 N–H and O–H groups in total. The van der Waals surface area contributed by atoms with Crippen molar-refractivity contribution in [2.75, 3.05) is 10.2 Å². The molecule has 2 aromatic heterocycles. The molecular weight excluding hydrogens is 925 g/mol. The van der Waals surface area contributed by atoms with E-state index in [0.29, 0.717) is 35.8 Å². The fourth-order valence-electron chi connectivity index (χ4n) is 10.6. The van der Waals surface area contributed by atoms with Gasteiger partial charge in [-0.1, -0.05) is 274 Å². The van der Waals surface area contributed by atoms with Crippen LogP contribution in [0, 0.1) is 0 Å². The predicted molar refractivity (Wildman–Crippen MR) is 347 cm³/mol. The summed E-state index contributed by atoms with van der Waals surface area (Å²) in [4.78, 5) is 2.65. The summed E-state index contributed by atoms with van der Waals surface area (Å²) in [7, 11) is 0. The molecule has 0 bridgehead atoms. The maximum Gasteiger partial charge on any atom is 0.101 e. The van der Waals surface area contributed by atoms with Gasteiger partial charge in [-0.2, -0.15) is 10.2 Å². The molecule has 8 aromatic carbocycles. The maximum atomic E-state index is 5.14. The zero-order chi connectivity index (χ0) is 53.0. The molecule has 76 heavy (non-hydrogen) atoms.